The average molecular weight is 746 g/mol. The van der Waals surface area contributed by atoms with Crippen molar-refractivity contribution >= 4 is 69.5 Å². The summed E-state index contributed by atoms with van der Waals surface area (Å²) in [6.07, 6.45) is 3.38. The van der Waals surface area contributed by atoms with E-state index in [1.54, 1.807) is 24.5 Å². The number of hydrogen-bond acceptors (Lipinski definition) is 12. The fraction of sp³-hybridized carbons (Fsp3) is 0.111. The molecule has 4 heterocycles. The van der Waals surface area contributed by atoms with E-state index >= 15 is 0 Å². The molecule has 2 aliphatic rings. The van der Waals surface area contributed by atoms with E-state index in [0.717, 1.165) is 22.5 Å². The second-order valence-electron chi connectivity index (χ2n) is 11.3. The normalized spacial score (nSPS) is 12.1. The zero-order valence-corrected chi connectivity index (χ0v) is 28.9. The third kappa shape index (κ3) is 8.09. The molecule has 16 heteroatoms. The summed E-state index contributed by atoms with van der Waals surface area (Å²) in [5.74, 6) is 3.81. The van der Waals surface area contributed by atoms with Gasteiger partial charge in [-0.2, -0.15) is 9.97 Å². The van der Waals surface area contributed by atoms with Gasteiger partial charge in [-0.1, -0.05) is 23.2 Å². The lowest BCUT2D eigenvalue weighted by molar-refractivity contribution is 0.173. The Morgan fingerprint density at radius 3 is 1.37 bits per heavy atom. The monoisotopic (exact) mass is 744 g/mol. The topological polar surface area (TPSA) is 137 Å². The van der Waals surface area contributed by atoms with E-state index in [1.807, 2.05) is 50.2 Å². The SMILES string of the molecule is Cc1cnc(Nc2ccc(F)c(Cl)c2)nc1Nc1ccc2c(c1)OCO2.Cc1cnc(Nc2ccc3c(c2)OCO3)nc1Nc1ccc(F)c(Cl)c1. The van der Waals surface area contributed by atoms with E-state index in [2.05, 4.69) is 41.2 Å². The van der Waals surface area contributed by atoms with E-state index in [9.17, 15) is 8.78 Å². The van der Waals surface area contributed by atoms with Gasteiger partial charge < -0.3 is 40.2 Å². The molecule has 2 aromatic heterocycles. The largest absolute Gasteiger partial charge is 0.454 e. The number of benzene rings is 4. The molecule has 0 spiro atoms. The highest BCUT2D eigenvalue weighted by molar-refractivity contribution is 6.31. The van der Waals surface area contributed by atoms with E-state index in [-0.39, 0.29) is 23.6 Å². The van der Waals surface area contributed by atoms with Crippen LogP contribution in [0.5, 0.6) is 23.0 Å². The fourth-order valence-electron chi connectivity index (χ4n) is 4.89. The van der Waals surface area contributed by atoms with Crippen LogP contribution in [-0.2, 0) is 0 Å². The number of fused-ring (bicyclic) bond motifs is 2. The summed E-state index contributed by atoms with van der Waals surface area (Å²) in [4.78, 5) is 17.5. The van der Waals surface area contributed by atoms with E-state index in [1.165, 1.54) is 24.3 Å². The standard InChI is InChI=1S/2C18H14ClFN4O2/c1-10-8-21-18(23-11-2-4-14(20)13(19)6-11)24-17(10)22-12-3-5-15-16(7-12)26-9-25-15;1-10-8-21-18(23-12-3-5-15-16(7-12)26-9-25-15)24-17(10)22-11-2-4-14(20)13(19)6-11/h2*2-8H,9H2,1H3,(H2,21,22,23,24). The molecule has 6 aromatic rings. The Morgan fingerprint density at radius 2 is 0.904 bits per heavy atom. The van der Waals surface area contributed by atoms with Crippen molar-refractivity contribution in [2.45, 2.75) is 13.8 Å². The lowest BCUT2D eigenvalue weighted by atomic mass is 10.2. The predicted octanol–water partition coefficient (Wildman–Crippen LogP) is 9.59. The average Bonchev–Trinajstić information content (AvgIpc) is 3.81. The first-order valence-corrected chi connectivity index (χ1v) is 16.4. The maximum Gasteiger partial charge on any atom is 0.231 e. The molecule has 0 aliphatic carbocycles. The first-order valence-electron chi connectivity index (χ1n) is 15.6. The molecule has 0 bridgehead atoms. The molecular formula is C36H28Cl2F2N8O4. The summed E-state index contributed by atoms with van der Waals surface area (Å²) in [5.41, 5.74) is 4.51. The van der Waals surface area contributed by atoms with Crippen LogP contribution in [0.25, 0.3) is 0 Å². The zero-order valence-electron chi connectivity index (χ0n) is 27.4. The van der Waals surface area contributed by atoms with Crippen molar-refractivity contribution in [2.75, 3.05) is 34.9 Å². The number of nitrogens with one attached hydrogen (secondary N) is 4. The van der Waals surface area contributed by atoms with Crippen molar-refractivity contribution in [1.29, 1.82) is 0 Å². The van der Waals surface area contributed by atoms with Crippen LogP contribution < -0.4 is 40.2 Å². The number of hydrogen-bond donors (Lipinski definition) is 4. The fourth-order valence-corrected chi connectivity index (χ4v) is 5.25. The summed E-state index contributed by atoms with van der Waals surface area (Å²) >= 11 is 11.6. The number of rotatable bonds is 8. The van der Waals surface area contributed by atoms with Gasteiger partial charge in [0.15, 0.2) is 23.0 Å². The Balaban J connectivity index is 0.000000162. The van der Waals surface area contributed by atoms with Crippen molar-refractivity contribution in [2.24, 2.45) is 0 Å². The third-order valence-electron chi connectivity index (χ3n) is 7.57. The van der Waals surface area contributed by atoms with Crippen molar-refractivity contribution in [3.05, 3.63) is 118 Å². The highest BCUT2D eigenvalue weighted by atomic mass is 35.5. The molecule has 264 valence electrons. The lowest BCUT2D eigenvalue weighted by Crippen LogP contribution is -2.03. The second-order valence-corrected chi connectivity index (χ2v) is 12.2. The summed E-state index contributed by atoms with van der Waals surface area (Å²) in [6, 6.07) is 19.8. The van der Waals surface area contributed by atoms with Gasteiger partial charge in [0.05, 0.1) is 10.0 Å². The number of halogens is 4. The molecule has 0 unspecified atom stereocenters. The molecular weight excluding hydrogens is 717 g/mol. The Bertz CT molecular complexity index is 2280. The van der Waals surface area contributed by atoms with E-state index < -0.39 is 11.6 Å². The molecule has 0 amide bonds. The molecule has 8 rings (SSSR count). The molecule has 0 saturated carbocycles. The van der Waals surface area contributed by atoms with Gasteiger partial charge in [-0.15, -0.1) is 0 Å². The van der Waals surface area contributed by atoms with Gasteiger partial charge in [-0.05, 0) is 74.5 Å². The lowest BCUT2D eigenvalue weighted by Gasteiger charge is -2.11. The number of aromatic nitrogens is 4. The number of ether oxygens (including phenoxy) is 4. The number of anilines is 8. The minimum Gasteiger partial charge on any atom is -0.454 e. The first-order chi connectivity index (χ1) is 25.2. The molecule has 2 aliphatic heterocycles. The van der Waals surface area contributed by atoms with Crippen LogP contribution in [0.4, 0.5) is 55.1 Å². The smallest absolute Gasteiger partial charge is 0.231 e. The van der Waals surface area contributed by atoms with Crippen LogP contribution in [0.1, 0.15) is 11.1 Å². The molecule has 52 heavy (non-hydrogen) atoms. The molecule has 0 radical (unpaired) electrons. The molecule has 0 atom stereocenters. The zero-order chi connectivity index (χ0) is 36.2. The van der Waals surface area contributed by atoms with Crippen LogP contribution in [0, 0.1) is 25.5 Å². The predicted molar refractivity (Wildman–Crippen MR) is 195 cm³/mol. The van der Waals surface area contributed by atoms with Gasteiger partial charge in [0.1, 0.15) is 23.3 Å². The maximum absolute atomic E-state index is 13.3. The number of aryl methyl sites for hydroxylation is 2. The van der Waals surface area contributed by atoms with Gasteiger partial charge in [0.25, 0.3) is 0 Å². The van der Waals surface area contributed by atoms with Crippen molar-refractivity contribution in [3.8, 4) is 23.0 Å². The Hall–Kier alpha value is -6.12. The van der Waals surface area contributed by atoms with Crippen molar-refractivity contribution < 1.29 is 27.7 Å². The summed E-state index contributed by atoms with van der Waals surface area (Å²) in [6.45, 7) is 4.21. The summed E-state index contributed by atoms with van der Waals surface area (Å²) < 4.78 is 47.9. The molecule has 0 fully saturated rings. The van der Waals surface area contributed by atoms with Gasteiger partial charge in [-0.25, -0.2) is 18.7 Å². The van der Waals surface area contributed by atoms with Crippen LogP contribution in [-0.4, -0.2) is 33.5 Å². The Morgan fingerprint density at radius 1 is 0.519 bits per heavy atom. The Labute approximate surface area is 306 Å². The molecule has 4 N–H and O–H groups in total. The van der Waals surface area contributed by atoms with Crippen LogP contribution >= 0.6 is 23.2 Å². The second kappa shape index (κ2) is 15.0. The van der Waals surface area contributed by atoms with Gasteiger partial charge >= 0.3 is 0 Å². The quantitative estimate of drug-likeness (QED) is 0.118. The van der Waals surface area contributed by atoms with E-state index in [4.69, 9.17) is 42.1 Å². The van der Waals surface area contributed by atoms with Crippen molar-refractivity contribution in [3.63, 3.8) is 0 Å². The van der Waals surface area contributed by atoms with Crippen LogP contribution in [0.15, 0.2) is 85.2 Å². The Kier molecular flexibility index (Phi) is 9.91. The van der Waals surface area contributed by atoms with Gasteiger partial charge in [0, 0.05) is 58.4 Å². The minimum absolute atomic E-state index is 0.0285. The minimum atomic E-state index is -0.479. The first kappa shape index (κ1) is 34.3. The summed E-state index contributed by atoms with van der Waals surface area (Å²) in [5, 5.41) is 12.6. The van der Waals surface area contributed by atoms with Crippen LogP contribution in [0.2, 0.25) is 10.0 Å². The highest BCUT2D eigenvalue weighted by Crippen LogP contribution is 2.36. The molecule has 12 nitrogen and oxygen atoms in total. The van der Waals surface area contributed by atoms with Crippen molar-refractivity contribution in [1.82, 2.24) is 19.9 Å². The van der Waals surface area contributed by atoms with E-state index in [0.29, 0.717) is 57.9 Å². The highest BCUT2D eigenvalue weighted by Gasteiger charge is 2.16. The summed E-state index contributed by atoms with van der Waals surface area (Å²) in [7, 11) is 0. The van der Waals surface area contributed by atoms with Gasteiger partial charge in [0.2, 0.25) is 25.5 Å². The van der Waals surface area contributed by atoms with Gasteiger partial charge in [-0.3, -0.25) is 0 Å². The number of nitrogens with zero attached hydrogens (tertiary/aromatic N) is 4. The third-order valence-corrected chi connectivity index (χ3v) is 8.14. The van der Waals surface area contributed by atoms with Crippen LogP contribution in [0.3, 0.4) is 0 Å². The molecule has 4 aromatic carbocycles. The maximum atomic E-state index is 13.3. The molecule has 0 saturated heterocycles.